The highest BCUT2D eigenvalue weighted by molar-refractivity contribution is 8.26. The summed E-state index contributed by atoms with van der Waals surface area (Å²) in [6, 6.07) is 4.01. The Morgan fingerprint density at radius 1 is 1.09 bits per heavy atom. The van der Waals surface area contributed by atoms with E-state index in [1.165, 1.54) is 24.6 Å². The van der Waals surface area contributed by atoms with Gasteiger partial charge in [-0.15, -0.1) is 0 Å². The Kier molecular flexibility index (Phi) is 6.07. The first-order chi connectivity index (χ1) is 15.5. The van der Waals surface area contributed by atoms with E-state index in [1.807, 2.05) is 19.1 Å². The van der Waals surface area contributed by atoms with Gasteiger partial charge in [0.2, 0.25) is 0 Å². The number of pyridine rings is 1. The number of thioether (sulfide) groups is 1. The molecule has 32 heavy (non-hydrogen) atoms. The lowest BCUT2D eigenvalue weighted by Crippen LogP contribution is -2.39. The smallest absolute Gasteiger partial charge is 0.267 e. The maximum Gasteiger partial charge on any atom is 0.267 e. The van der Waals surface area contributed by atoms with Crippen molar-refractivity contribution in [3.05, 3.63) is 44.7 Å². The van der Waals surface area contributed by atoms with Crippen molar-refractivity contribution in [3.63, 3.8) is 0 Å². The van der Waals surface area contributed by atoms with Gasteiger partial charge in [0, 0.05) is 25.3 Å². The summed E-state index contributed by atoms with van der Waals surface area (Å²) in [5.41, 5.74) is 1.98. The lowest BCUT2D eigenvalue weighted by atomic mass is 9.94. The van der Waals surface area contributed by atoms with E-state index in [0.717, 1.165) is 57.2 Å². The number of carbonyl (C=O) groups is 1. The average molecular weight is 469 g/mol. The van der Waals surface area contributed by atoms with Gasteiger partial charge in [0.25, 0.3) is 11.5 Å². The monoisotopic (exact) mass is 468 g/mol. The third-order valence-corrected chi connectivity index (χ3v) is 8.09. The molecule has 0 spiro atoms. The Hall–Kier alpha value is -2.19. The van der Waals surface area contributed by atoms with Crippen LogP contribution < -0.4 is 10.5 Å². The number of aryl methyl sites for hydroxylation is 1. The Morgan fingerprint density at radius 3 is 2.56 bits per heavy atom. The van der Waals surface area contributed by atoms with Gasteiger partial charge in [-0.25, -0.2) is 4.98 Å². The molecule has 5 rings (SSSR count). The van der Waals surface area contributed by atoms with Crippen LogP contribution in [0.1, 0.15) is 62.5 Å². The number of rotatable bonds is 3. The zero-order chi connectivity index (χ0) is 22.2. The van der Waals surface area contributed by atoms with Crippen LogP contribution in [0.25, 0.3) is 11.7 Å². The minimum absolute atomic E-state index is 0.0646. The zero-order valence-electron chi connectivity index (χ0n) is 18.4. The summed E-state index contributed by atoms with van der Waals surface area (Å²) in [4.78, 5) is 36.4. The summed E-state index contributed by atoms with van der Waals surface area (Å²) in [7, 11) is 0. The second-order valence-electron chi connectivity index (χ2n) is 8.93. The molecule has 2 aliphatic heterocycles. The first-order valence-electron chi connectivity index (χ1n) is 11.6. The first kappa shape index (κ1) is 21.6. The molecule has 3 fully saturated rings. The van der Waals surface area contributed by atoms with Gasteiger partial charge in [0.15, 0.2) is 0 Å². The molecule has 1 amide bonds. The van der Waals surface area contributed by atoms with Crippen molar-refractivity contribution < 1.29 is 4.79 Å². The third-order valence-electron chi connectivity index (χ3n) is 6.76. The number of hydrogen-bond acceptors (Lipinski definition) is 6. The molecule has 1 aliphatic carbocycles. The summed E-state index contributed by atoms with van der Waals surface area (Å²) in [5, 5.41) is 0. The average Bonchev–Trinajstić information content (AvgIpc) is 3.10. The molecule has 4 heterocycles. The van der Waals surface area contributed by atoms with Crippen molar-refractivity contribution in [1.82, 2.24) is 14.3 Å². The van der Waals surface area contributed by atoms with E-state index < -0.39 is 0 Å². The quantitative estimate of drug-likeness (QED) is 0.487. The van der Waals surface area contributed by atoms with E-state index in [2.05, 4.69) is 4.90 Å². The molecular formula is C24H28N4O2S2. The van der Waals surface area contributed by atoms with Crippen molar-refractivity contribution in [3.8, 4) is 0 Å². The zero-order valence-corrected chi connectivity index (χ0v) is 20.0. The van der Waals surface area contributed by atoms with Crippen LogP contribution in [-0.2, 0) is 4.79 Å². The molecule has 0 unspecified atom stereocenters. The molecule has 0 N–H and O–H groups in total. The Labute approximate surface area is 197 Å². The number of amides is 1. The highest BCUT2D eigenvalue weighted by Gasteiger charge is 2.38. The molecule has 1 saturated carbocycles. The van der Waals surface area contributed by atoms with Gasteiger partial charge in [0.1, 0.15) is 15.8 Å². The minimum Gasteiger partial charge on any atom is -0.356 e. The van der Waals surface area contributed by atoms with Crippen molar-refractivity contribution in [2.75, 3.05) is 18.0 Å². The molecule has 2 aromatic rings. The standard InChI is InChI=1S/C24H28N4O2S2/c1-16-9-8-14-27-20(16)25-21(26-12-6-3-7-13-26)18(22(27)29)15-19-23(30)28(24(31)32-19)17-10-4-2-5-11-17/h8-9,14-15,17H,2-7,10-13H2,1H3. The van der Waals surface area contributed by atoms with Crippen LogP contribution in [0, 0.1) is 6.92 Å². The Bertz CT molecular complexity index is 1160. The van der Waals surface area contributed by atoms with E-state index in [4.69, 9.17) is 17.2 Å². The minimum atomic E-state index is -0.137. The van der Waals surface area contributed by atoms with Crippen LogP contribution in [0.4, 0.5) is 5.82 Å². The molecule has 2 aromatic heterocycles. The molecule has 3 aliphatic rings. The second kappa shape index (κ2) is 8.98. The van der Waals surface area contributed by atoms with E-state index in [9.17, 15) is 9.59 Å². The molecular weight excluding hydrogens is 440 g/mol. The van der Waals surface area contributed by atoms with Crippen LogP contribution in [0.5, 0.6) is 0 Å². The summed E-state index contributed by atoms with van der Waals surface area (Å²) < 4.78 is 2.20. The van der Waals surface area contributed by atoms with Gasteiger partial charge in [-0.2, -0.15) is 0 Å². The number of anilines is 1. The molecule has 168 valence electrons. The molecule has 2 saturated heterocycles. The van der Waals surface area contributed by atoms with Crippen LogP contribution in [0.2, 0.25) is 0 Å². The Morgan fingerprint density at radius 2 is 1.81 bits per heavy atom. The van der Waals surface area contributed by atoms with Gasteiger partial charge < -0.3 is 4.90 Å². The van der Waals surface area contributed by atoms with E-state index >= 15 is 0 Å². The fourth-order valence-corrected chi connectivity index (χ4v) is 6.42. The molecule has 8 heteroatoms. The molecule has 0 aromatic carbocycles. The first-order valence-corrected chi connectivity index (χ1v) is 12.8. The van der Waals surface area contributed by atoms with Gasteiger partial charge in [-0.05, 0) is 56.7 Å². The van der Waals surface area contributed by atoms with Gasteiger partial charge in [-0.3, -0.25) is 18.9 Å². The summed E-state index contributed by atoms with van der Waals surface area (Å²) in [5.74, 6) is 0.622. The summed E-state index contributed by atoms with van der Waals surface area (Å²) in [6.45, 7) is 3.72. The lowest BCUT2D eigenvalue weighted by Gasteiger charge is -2.30. The van der Waals surface area contributed by atoms with Gasteiger partial charge in [0.05, 0.1) is 10.5 Å². The number of carbonyl (C=O) groups excluding carboxylic acids is 1. The fourth-order valence-electron chi connectivity index (χ4n) is 5.04. The lowest BCUT2D eigenvalue weighted by molar-refractivity contribution is -0.124. The van der Waals surface area contributed by atoms with Crippen LogP contribution in [0.15, 0.2) is 28.0 Å². The number of hydrogen-bond donors (Lipinski definition) is 0. The van der Waals surface area contributed by atoms with Crippen molar-refractivity contribution in [2.24, 2.45) is 0 Å². The summed E-state index contributed by atoms with van der Waals surface area (Å²) >= 11 is 6.91. The largest absolute Gasteiger partial charge is 0.356 e. The second-order valence-corrected chi connectivity index (χ2v) is 10.6. The predicted molar refractivity (Wildman–Crippen MR) is 134 cm³/mol. The SMILES string of the molecule is Cc1cccn2c(=O)c(C=C3SC(=S)N(C4CCCCC4)C3=O)c(N3CCCCC3)nc12. The number of aromatic nitrogens is 2. The maximum atomic E-state index is 13.6. The molecule has 0 atom stereocenters. The number of fused-ring (bicyclic) bond motifs is 1. The van der Waals surface area contributed by atoms with E-state index in [0.29, 0.717) is 26.3 Å². The van der Waals surface area contributed by atoms with Gasteiger partial charge >= 0.3 is 0 Å². The fraction of sp³-hybridized carbons (Fsp3) is 0.500. The van der Waals surface area contributed by atoms with E-state index in [-0.39, 0.29) is 17.5 Å². The number of piperidine rings is 1. The maximum absolute atomic E-state index is 13.6. The molecule has 0 radical (unpaired) electrons. The third kappa shape index (κ3) is 3.88. The number of nitrogens with zero attached hydrogens (tertiary/aromatic N) is 4. The predicted octanol–water partition coefficient (Wildman–Crippen LogP) is 4.53. The van der Waals surface area contributed by atoms with Crippen LogP contribution >= 0.6 is 24.0 Å². The summed E-state index contributed by atoms with van der Waals surface area (Å²) in [6.07, 6.45) is 12.3. The van der Waals surface area contributed by atoms with Gasteiger partial charge in [-0.1, -0.05) is 49.3 Å². The Balaban J connectivity index is 1.60. The normalized spacial score (nSPS) is 21.8. The highest BCUT2D eigenvalue weighted by Crippen LogP contribution is 2.38. The topological polar surface area (TPSA) is 57.9 Å². The van der Waals surface area contributed by atoms with Crippen molar-refractivity contribution >= 4 is 51.7 Å². The number of thiocarbonyl (C=S) groups is 1. The van der Waals surface area contributed by atoms with Crippen molar-refractivity contribution in [1.29, 1.82) is 0 Å². The van der Waals surface area contributed by atoms with E-state index in [1.54, 1.807) is 21.6 Å². The highest BCUT2D eigenvalue weighted by atomic mass is 32.2. The van der Waals surface area contributed by atoms with Crippen molar-refractivity contribution in [2.45, 2.75) is 64.3 Å². The van der Waals surface area contributed by atoms with Crippen LogP contribution in [0.3, 0.4) is 0 Å². The molecule has 0 bridgehead atoms. The molecule has 6 nitrogen and oxygen atoms in total. The van der Waals surface area contributed by atoms with Crippen LogP contribution in [-0.4, -0.2) is 43.6 Å².